The number of hydrogen-bond donors (Lipinski definition) is 1. The summed E-state index contributed by atoms with van der Waals surface area (Å²) < 4.78 is 39.8. The summed E-state index contributed by atoms with van der Waals surface area (Å²) in [6, 6.07) is 22.4. The van der Waals surface area contributed by atoms with Gasteiger partial charge in [0.15, 0.2) is 0 Å². The highest BCUT2D eigenvalue weighted by Crippen LogP contribution is 2.21. The molecule has 2 heterocycles. The molecule has 0 aliphatic heterocycles. The molecule has 11 heteroatoms. The first-order chi connectivity index (χ1) is 21.8. The summed E-state index contributed by atoms with van der Waals surface area (Å²) in [5, 5.41) is 7.38. The monoisotopic (exact) mass is 669 g/mol. The normalized spacial score (nSPS) is 12.3. The van der Waals surface area contributed by atoms with Crippen molar-refractivity contribution in [3.63, 3.8) is 0 Å². The van der Waals surface area contributed by atoms with E-state index < -0.39 is 16.1 Å². The topological polar surface area (TPSA) is 88.2 Å². The summed E-state index contributed by atoms with van der Waals surface area (Å²) >= 11 is 3.26. The Balaban J connectivity index is 1.48. The molecule has 45 heavy (non-hydrogen) atoms. The molecule has 0 aliphatic rings. The predicted molar refractivity (Wildman–Crippen MR) is 183 cm³/mol. The molecule has 242 valence electrons. The number of thiophene rings is 2. The van der Waals surface area contributed by atoms with Gasteiger partial charge in [-0.2, -0.15) is 4.31 Å². The highest BCUT2D eigenvalue weighted by molar-refractivity contribution is 7.89. The second-order valence-electron chi connectivity index (χ2n) is 10.8. The number of carbonyl (C=O) groups excluding carboxylic acids is 1. The van der Waals surface area contributed by atoms with Crippen molar-refractivity contribution in [2.24, 2.45) is 0 Å². The van der Waals surface area contributed by atoms with E-state index in [4.69, 9.17) is 9.47 Å². The molecule has 0 fully saturated rings. The third kappa shape index (κ3) is 10.7. The molecule has 4 rings (SSSR count). The van der Waals surface area contributed by atoms with Gasteiger partial charge in [-0.25, -0.2) is 8.42 Å². The van der Waals surface area contributed by atoms with Crippen molar-refractivity contribution in [2.45, 2.75) is 58.4 Å². The van der Waals surface area contributed by atoms with Gasteiger partial charge < -0.3 is 19.7 Å². The van der Waals surface area contributed by atoms with E-state index in [9.17, 15) is 13.2 Å². The molecule has 8 nitrogen and oxygen atoms in total. The van der Waals surface area contributed by atoms with Crippen LogP contribution in [0.15, 0.2) is 83.6 Å². The zero-order valence-electron chi connectivity index (χ0n) is 26.2. The number of carbonyl (C=O) groups is 1. The maximum absolute atomic E-state index is 14.0. The number of methoxy groups -OCH3 is 2. The molecule has 0 aliphatic carbocycles. The lowest BCUT2D eigenvalue weighted by Crippen LogP contribution is -2.47. The van der Waals surface area contributed by atoms with Crippen molar-refractivity contribution in [3.8, 4) is 11.5 Å². The summed E-state index contributed by atoms with van der Waals surface area (Å²) in [7, 11) is -0.504. The second kappa shape index (κ2) is 17.5. The van der Waals surface area contributed by atoms with E-state index in [1.165, 1.54) is 4.31 Å². The first kappa shape index (κ1) is 34.6. The number of ether oxygens (including phenoxy) is 2. The van der Waals surface area contributed by atoms with E-state index in [0.717, 1.165) is 33.7 Å². The van der Waals surface area contributed by atoms with Gasteiger partial charge in [-0.1, -0.05) is 56.2 Å². The van der Waals surface area contributed by atoms with Gasteiger partial charge in [0.2, 0.25) is 15.9 Å². The Morgan fingerprint density at radius 3 is 1.73 bits per heavy atom. The average Bonchev–Trinajstić information content (AvgIpc) is 3.77. The number of amides is 1. The molecule has 0 radical (unpaired) electrons. The van der Waals surface area contributed by atoms with Crippen molar-refractivity contribution in [3.05, 3.63) is 104 Å². The van der Waals surface area contributed by atoms with Gasteiger partial charge in [0.05, 0.1) is 39.1 Å². The summed E-state index contributed by atoms with van der Waals surface area (Å²) in [5.41, 5.74) is 1.71. The highest BCUT2D eigenvalue weighted by Gasteiger charge is 2.27. The lowest BCUT2D eigenvalue weighted by atomic mass is 10.1. The standard InChI is InChI=1S/C34H43N3O5S3/c1-4-5-10-33(34(38)36(25-31-8-6-20-43-31)26-32-9-7-21-44-32)35-19-22-45(39,40)37(23-27-11-15-29(41-2)16-12-27)24-28-13-17-30(42-3)18-14-28/h6-9,11-18,20-21,33,35H,4-5,10,19,22-26H2,1-3H3. The smallest absolute Gasteiger partial charge is 0.240 e. The van der Waals surface area contributed by atoms with Gasteiger partial charge >= 0.3 is 0 Å². The Kier molecular flexibility index (Phi) is 13.5. The number of benzene rings is 2. The van der Waals surface area contributed by atoms with Gasteiger partial charge in [-0.05, 0) is 64.7 Å². The number of unbranched alkanes of at least 4 members (excludes halogenated alkanes) is 1. The first-order valence-corrected chi connectivity index (χ1v) is 18.5. The minimum atomic E-state index is -3.71. The lowest BCUT2D eigenvalue weighted by Gasteiger charge is -2.28. The quantitative estimate of drug-likeness (QED) is 0.122. The zero-order chi connectivity index (χ0) is 32.1. The molecular formula is C34H43N3O5S3. The van der Waals surface area contributed by atoms with E-state index in [1.807, 2.05) is 88.5 Å². The molecule has 1 N–H and O–H groups in total. The van der Waals surface area contributed by atoms with E-state index in [1.54, 1.807) is 36.9 Å². The molecule has 1 unspecified atom stereocenters. The Morgan fingerprint density at radius 1 is 0.800 bits per heavy atom. The van der Waals surface area contributed by atoms with Crippen LogP contribution in [0.25, 0.3) is 0 Å². The van der Waals surface area contributed by atoms with Gasteiger partial charge in [0.25, 0.3) is 0 Å². The number of hydrogen-bond acceptors (Lipinski definition) is 8. The predicted octanol–water partition coefficient (Wildman–Crippen LogP) is 6.54. The van der Waals surface area contributed by atoms with Crippen LogP contribution in [0.3, 0.4) is 0 Å². The molecule has 0 spiro atoms. The molecule has 0 saturated carbocycles. The zero-order valence-corrected chi connectivity index (χ0v) is 28.6. The fourth-order valence-electron chi connectivity index (χ4n) is 4.95. The van der Waals surface area contributed by atoms with Gasteiger partial charge in [-0.3, -0.25) is 4.79 Å². The fraction of sp³-hybridized carbons (Fsp3) is 0.382. The van der Waals surface area contributed by atoms with Crippen LogP contribution >= 0.6 is 22.7 Å². The summed E-state index contributed by atoms with van der Waals surface area (Å²) in [5.74, 6) is 1.28. The van der Waals surface area contributed by atoms with Gasteiger partial charge in [0, 0.05) is 29.4 Å². The Morgan fingerprint density at radius 2 is 1.31 bits per heavy atom. The minimum Gasteiger partial charge on any atom is -0.497 e. The summed E-state index contributed by atoms with van der Waals surface area (Å²) in [4.78, 5) is 18.1. The van der Waals surface area contributed by atoms with Crippen molar-refractivity contribution in [2.75, 3.05) is 26.5 Å². The summed E-state index contributed by atoms with van der Waals surface area (Å²) in [6.07, 6.45) is 2.45. The van der Waals surface area contributed by atoms with Crippen molar-refractivity contribution < 1.29 is 22.7 Å². The van der Waals surface area contributed by atoms with Gasteiger partial charge in [-0.15, -0.1) is 22.7 Å². The average molecular weight is 670 g/mol. The van der Waals surface area contributed by atoms with Crippen LogP contribution in [-0.2, 0) is 41.0 Å². The van der Waals surface area contributed by atoms with E-state index in [-0.39, 0.29) is 31.3 Å². The lowest BCUT2D eigenvalue weighted by molar-refractivity contribution is -0.134. The first-order valence-electron chi connectivity index (χ1n) is 15.1. The third-order valence-corrected chi connectivity index (χ3v) is 11.0. The van der Waals surface area contributed by atoms with Crippen LogP contribution in [0.4, 0.5) is 0 Å². The van der Waals surface area contributed by atoms with Gasteiger partial charge in [0.1, 0.15) is 11.5 Å². The number of nitrogens with zero attached hydrogens (tertiary/aromatic N) is 2. The Hall–Kier alpha value is -3.22. The van der Waals surface area contributed by atoms with E-state index in [2.05, 4.69) is 12.2 Å². The fourth-order valence-corrected chi connectivity index (χ4v) is 7.71. The number of nitrogens with one attached hydrogen (secondary N) is 1. The number of sulfonamides is 1. The molecular weight excluding hydrogens is 627 g/mol. The van der Waals surface area contributed by atoms with Crippen molar-refractivity contribution in [1.82, 2.24) is 14.5 Å². The Labute approximate surface area is 275 Å². The van der Waals surface area contributed by atoms with Crippen molar-refractivity contribution >= 4 is 38.6 Å². The molecule has 0 saturated heterocycles. The van der Waals surface area contributed by atoms with Crippen molar-refractivity contribution in [1.29, 1.82) is 0 Å². The van der Waals surface area contributed by atoms with Crippen LogP contribution in [-0.4, -0.2) is 56.1 Å². The molecule has 1 atom stereocenters. The maximum atomic E-state index is 14.0. The molecule has 1 amide bonds. The largest absolute Gasteiger partial charge is 0.497 e. The number of rotatable bonds is 19. The second-order valence-corrected chi connectivity index (χ2v) is 14.9. The van der Waals surface area contributed by atoms with Crippen LogP contribution in [0, 0.1) is 0 Å². The van der Waals surface area contributed by atoms with Crippen LogP contribution in [0.5, 0.6) is 11.5 Å². The minimum absolute atomic E-state index is 0.00373. The summed E-state index contributed by atoms with van der Waals surface area (Å²) in [6.45, 7) is 3.73. The molecule has 2 aromatic carbocycles. The molecule has 0 bridgehead atoms. The third-order valence-electron chi connectivity index (χ3n) is 7.49. The maximum Gasteiger partial charge on any atom is 0.240 e. The Bertz CT molecular complexity index is 1440. The SMILES string of the molecule is CCCCC(NCCS(=O)(=O)N(Cc1ccc(OC)cc1)Cc1ccc(OC)cc1)C(=O)N(Cc1cccs1)Cc1cccs1. The van der Waals surface area contributed by atoms with Crippen LogP contribution < -0.4 is 14.8 Å². The van der Waals surface area contributed by atoms with Crippen LogP contribution in [0.2, 0.25) is 0 Å². The highest BCUT2D eigenvalue weighted by atomic mass is 32.2. The van der Waals surface area contributed by atoms with E-state index >= 15 is 0 Å². The molecule has 4 aromatic rings. The molecule has 2 aromatic heterocycles. The van der Waals surface area contributed by atoms with E-state index in [0.29, 0.717) is 31.0 Å². The van der Waals surface area contributed by atoms with Crippen LogP contribution in [0.1, 0.15) is 47.1 Å².